The van der Waals surface area contributed by atoms with E-state index in [4.69, 9.17) is 4.42 Å². The Bertz CT molecular complexity index is 841. The summed E-state index contributed by atoms with van der Waals surface area (Å²) in [6.07, 6.45) is 0.207. The van der Waals surface area contributed by atoms with Crippen LogP contribution in [0, 0.1) is 5.92 Å². The molecule has 1 aliphatic heterocycles. The van der Waals surface area contributed by atoms with Crippen LogP contribution in [0.1, 0.15) is 12.8 Å². The fourth-order valence-electron chi connectivity index (χ4n) is 2.63. The number of hydrogen-bond donors (Lipinski definition) is 2. The SMILES string of the molecule is CC1NC(=O)NC(=O)C1Cc1nnc(SCC(=O)N(C)c2ccccc2)o1. The van der Waals surface area contributed by atoms with Crippen LogP contribution in [0.15, 0.2) is 40.0 Å². The molecule has 1 aromatic carbocycles. The van der Waals surface area contributed by atoms with Crippen molar-refractivity contribution in [3.05, 3.63) is 36.2 Å². The van der Waals surface area contributed by atoms with Gasteiger partial charge in [0.15, 0.2) is 0 Å². The van der Waals surface area contributed by atoms with E-state index in [-0.39, 0.29) is 41.1 Å². The summed E-state index contributed by atoms with van der Waals surface area (Å²) >= 11 is 1.13. The van der Waals surface area contributed by atoms with Gasteiger partial charge in [0, 0.05) is 25.2 Å². The van der Waals surface area contributed by atoms with E-state index in [9.17, 15) is 14.4 Å². The van der Waals surface area contributed by atoms with E-state index >= 15 is 0 Å². The topological polar surface area (TPSA) is 117 Å². The molecule has 2 aromatic rings. The molecule has 1 fully saturated rings. The molecule has 0 aliphatic carbocycles. The third-order valence-electron chi connectivity index (χ3n) is 4.22. The van der Waals surface area contributed by atoms with Crippen LogP contribution in [-0.4, -0.2) is 46.9 Å². The predicted octanol–water partition coefficient (Wildman–Crippen LogP) is 1.21. The quantitative estimate of drug-likeness (QED) is 0.713. The van der Waals surface area contributed by atoms with Gasteiger partial charge < -0.3 is 14.6 Å². The predicted molar refractivity (Wildman–Crippen MR) is 98.2 cm³/mol. The van der Waals surface area contributed by atoms with Gasteiger partial charge in [-0.3, -0.25) is 14.9 Å². The lowest BCUT2D eigenvalue weighted by atomic mass is 9.95. The highest BCUT2D eigenvalue weighted by atomic mass is 32.2. The van der Waals surface area contributed by atoms with Crippen molar-refractivity contribution >= 4 is 35.3 Å². The van der Waals surface area contributed by atoms with Crippen LogP contribution >= 0.6 is 11.8 Å². The second-order valence-electron chi connectivity index (χ2n) is 6.10. The van der Waals surface area contributed by atoms with Crippen LogP contribution in [0.4, 0.5) is 10.5 Å². The van der Waals surface area contributed by atoms with Crippen molar-refractivity contribution in [3.8, 4) is 0 Å². The van der Waals surface area contributed by atoms with Crippen molar-refractivity contribution in [1.29, 1.82) is 0 Å². The van der Waals surface area contributed by atoms with E-state index in [2.05, 4.69) is 20.8 Å². The molecule has 142 valence electrons. The fraction of sp³-hybridized carbons (Fsp3) is 0.353. The molecule has 9 nitrogen and oxygen atoms in total. The number of imide groups is 1. The minimum atomic E-state index is -0.508. The van der Waals surface area contributed by atoms with E-state index in [0.29, 0.717) is 0 Å². The summed E-state index contributed by atoms with van der Waals surface area (Å²) < 4.78 is 5.52. The van der Waals surface area contributed by atoms with Crippen molar-refractivity contribution in [3.63, 3.8) is 0 Å². The van der Waals surface area contributed by atoms with E-state index in [1.54, 1.807) is 18.9 Å². The molecule has 3 rings (SSSR count). The van der Waals surface area contributed by atoms with E-state index in [1.807, 2.05) is 30.3 Å². The van der Waals surface area contributed by atoms with Crippen LogP contribution in [0.25, 0.3) is 0 Å². The number of hydrogen-bond acceptors (Lipinski definition) is 7. The first-order chi connectivity index (χ1) is 12.9. The maximum atomic E-state index is 12.3. The summed E-state index contributed by atoms with van der Waals surface area (Å²) in [6.45, 7) is 1.74. The highest BCUT2D eigenvalue weighted by molar-refractivity contribution is 7.99. The molecule has 0 spiro atoms. The maximum Gasteiger partial charge on any atom is 0.321 e. The zero-order valence-corrected chi connectivity index (χ0v) is 15.7. The Labute approximate surface area is 159 Å². The lowest BCUT2D eigenvalue weighted by molar-refractivity contribution is -0.125. The largest absolute Gasteiger partial charge is 0.416 e. The Morgan fingerprint density at radius 1 is 1.26 bits per heavy atom. The number of rotatable bonds is 6. The fourth-order valence-corrected chi connectivity index (χ4v) is 3.32. The molecule has 27 heavy (non-hydrogen) atoms. The van der Waals surface area contributed by atoms with Crippen LogP contribution in [-0.2, 0) is 16.0 Å². The van der Waals surface area contributed by atoms with Gasteiger partial charge in [0.2, 0.25) is 17.7 Å². The van der Waals surface area contributed by atoms with Crippen LogP contribution in [0.3, 0.4) is 0 Å². The van der Waals surface area contributed by atoms with Crippen LogP contribution in [0.5, 0.6) is 0 Å². The summed E-state index contributed by atoms with van der Waals surface area (Å²) in [7, 11) is 1.70. The zero-order chi connectivity index (χ0) is 19.4. The first-order valence-electron chi connectivity index (χ1n) is 8.32. The number of nitrogens with one attached hydrogen (secondary N) is 2. The second kappa shape index (κ2) is 8.21. The number of benzene rings is 1. The second-order valence-corrected chi connectivity index (χ2v) is 7.03. The number of para-hydroxylation sites is 1. The highest BCUT2D eigenvalue weighted by Crippen LogP contribution is 2.21. The molecule has 2 heterocycles. The molecule has 2 atom stereocenters. The summed E-state index contributed by atoms with van der Waals surface area (Å²) in [4.78, 5) is 37.0. The van der Waals surface area contributed by atoms with Gasteiger partial charge in [0.05, 0.1) is 11.7 Å². The molecular weight excluding hydrogens is 370 g/mol. The summed E-state index contributed by atoms with van der Waals surface area (Å²) in [5, 5.41) is 12.9. The molecule has 2 unspecified atom stereocenters. The van der Waals surface area contributed by atoms with Gasteiger partial charge >= 0.3 is 6.03 Å². The monoisotopic (exact) mass is 389 g/mol. The molecular formula is C17H19N5O4S. The third-order valence-corrected chi connectivity index (χ3v) is 5.02. The maximum absolute atomic E-state index is 12.3. The molecule has 0 bridgehead atoms. The summed E-state index contributed by atoms with van der Waals surface area (Å²) in [5.41, 5.74) is 0.800. The Morgan fingerprint density at radius 3 is 2.70 bits per heavy atom. The van der Waals surface area contributed by atoms with Crippen molar-refractivity contribution in [2.75, 3.05) is 17.7 Å². The number of amides is 4. The van der Waals surface area contributed by atoms with E-state index in [1.165, 1.54) is 0 Å². The molecule has 0 saturated carbocycles. The van der Waals surface area contributed by atoms with Crippen molar-refractivity contribution in [2.24, 2.45) is 5.92 Å². The van der Waals surface area contributed by atoms with Gasteiger partial charge in [-0.1, -0.05) is 30.0 Å². The average Bonchev–Trinajstić information content (AvgIpc) is 3.10. The molecule has 4 amide bonds. The van der Waals surface area contributed by atoms with Gasteiger partial charge in [0.1, 0.15) is 0 Å². The van der Waals surface area contributed by atoms with Crippen molar-refractivity contribution in [2.45, 2.75) is 24.6 Å². The Kier molecular flexibility index (Phi) is 5.75. The minimum Gasteiger partial charge on any atom is -0.416 e. The zero-order valence-electron chi connectivity index (χ0n) is 14.8. The Balaban J connectivity index is 1.54. The van der Waals surface area contributed by atoms with Gasteiger partial charge in [-0.2, -0.15) is 0 Å². The number of thioether (sulfide) groups is 1. The van der Waals surface area contributed by atoms with Gasteiger partial charge in [-0.05, 0) is 19.1 Å². The third kappa shape index (κ3) is 4.64. The lowest BCUT2D eigenvalue weighted by Crippen LogP contribution is -2.57. The smallest absolute Gasteiger partial charge is 0.321 e. The number of urea groups is 1. The Hall–Kier alpha value is -2.88. The molecule has 1 aromatic heterocycles. The lowest BCUT2D eigenvalue weighted by Gasteiger charge is -2.27. The number of aromatic nitrogens is 2. The summed E-state index contributed by atoms with van der Waals surface area (Å²) in [6, 6.07) is 8.46. The van der Waals surface area contributed by atoms with Crippen molar-refractivity contribution < 1.29 is 18.8 Å². The van der Waals surface area contributed by atoms with Crippen molar-refractivity contribution in [1.82, 2.24) is 20.8 Å². The minimum absolute atomic E-state index is 0.103. The van der Waals surface area contributed by atoms with Gasteiger partial charge in [-0.15, -0.1) is 10.2 Å². The highest BCUT2D eigenvalue weighted by Gasteiger charge is 2.34. The van der Waals surface area contributed by atoms with Gasteiger partial charge in [-0.25, -0.2) is 4.79 Å². The molecule has 10 heteroatoms. The molecule has 1 saturated heterocycles. The van der Waals surface area contributed by atoms with E-state index in [0.717, 1.165) is 17.4 Å². The number of nitrogens with zero attached hydrogens (tertiary/aromatic N) is 3. The molecule has 2 N–H and O–H groups in total. The Morgan fingerprint density at radius 2 is 2.00 bits per heavy atom. The average molecular weight is 389 g/mol. The summed E-state index contributed by atoms with van der Waals surface area (Å²) in [5.74, 6) is -0.549. The van der Waals surface area contributed by atoms with E-state index < -0.39 is 11.9 Å². The van der Waals surface area contributed by atoms with Crippen LogP contribution in [0.2, 0.25) is 0 Å². The van der Waals surface area contributed by atoms with Gasteiger partial charge in [0.25, 0.3) is 5.22 Å². The number of carbonyl (C=O) groups is 3. The first kappa shape index (κ1) is 18.9. The van der Waals surface area contributed by atoms with Crippen LogP contribution < -0.4 is 15.5 Å². The standard InChI is InChI=1S/C17H19N5O4S/c1-10-12(15(24)19-16(25)18-10)8-13-20-21-17(26-13)27-9-14(23)22(2)11-6-4-3-5-7-11/h3-7,10,12H,8-9H2,1-2H3,(H2,18,19,24,25). The molecule has 1 aliphatic rings. The number of carbonyl (C=O) groups excluding carboxylic acids is 3. The first-order valence-corrected chi connectivity index (χ1v) is 9.30. The normalized spacial score (nSPS) is 19.3. The number of anilines is 1. The molecule has 0 radical (unpaired) electrons.